The molecular weight excluding hydrogens is 226 g/mol. The van der Waals surface area contributed by atoms with Crippen LogP contribution in [-0.4, -0.2) is 25.2 Å². The quantitative estimate of drug-likeness (QED) is 0.801. The van der Waals surface area contributed by atoms with Crippen molar-refractivity contribution in [2.75, 3.05) is 18.0 Å². The molecule has 4 nitrogen and oxygen atoms in total. The molecule has 1 heterocycles. The largest absolute Gasteiger partial charge is 0.338 e. The summed E-state index contributed by atoms with van der Waals surface area (Å²) in [4.78, 5) is 13.9. The zero-order valence-electron chi connectivity index (χ0n) is 10.9. The summed E-state index contributed by atoms with van der Waals surface area (Å²) >= 11 is 0. The van der Waals surface area contributed by atoms with Gasteiger partial charge in [-0.25, -0.2) is 4.79 Å². The van der Waals surface area contributed by atoms with Crippen LogP contribution in [-0.2, 0) is 6.42 Å². The van der Waals surface area contributed by atoms with E-state index < -0.39 is 0 Å². The summed E-state index contributed by atoms with van der Waals surface area (Å²) in [6.45, 7) is 3.43. The van der Waals surface area contributed by atoms with Crippen molar-refractivity contribution in [3.63, 3.8) is 0 Å². The molecule has 1 aliphatic rings. The van der Waals surface area contributed by atoms with Gasteiger partial charge in [0.25, 0.3) is 0 Å². The monoisotopic (exact) mass is 247 g/mol. The van der Waals surface area contributed by atoms with E-state index in [0.29, 0.717) is 6.54 Å². The fourth-order valence-electron chi connectivity index (χ4n) is 2.29. The SMILES string of the molecule is CCCCNC(=O)N1CC(N)Cc2ccccc21. The number of urea groups is 1. The molecule has 18 heavy (non-hydrogen) atoms. The lowest BCUT2D eigenvalue weighted by atomic mass is 9.99. The van der Waals surface area contributed by atoms with E-state index in [-0.39, 0.29) is 12.1 Å². The van der Waals surface area contributed by atoms with Crippen molar-refractivity contribution >= 4 is 11.7 Å². The molecule has 0 spiro atoms. The highest BCUT2D eigenvalue weighted by atomic mass is 16.2. The van der Waals surface area contributed by atoms with Crippen LogP contribution in [0.5, 0.6) is 0 Å². The zero-order valence-corrected chi connectivity index (χ0v) is 10.9. The smallest absolute Gasteiger partial charge is 0.321 e. The highest BCUT2D eigenvalue weighted by Crippen LogP contribution is 2.26. The molecule has 3 N–H and O–H groups in total. The number of hydrogen-bond donors (Lipinski definition) is 2. The Kier molecular flexibility index (Phi) is 4.20. The molecule has 0 radical (unpaired) electrons. The first-order valence-electron chi connectivity index (χ1n) is 6.61. The normalized spacial score (nSPS) is 18.3. The van der Waals surface area contributed by atoms with Gasteiger partial charge >= 0.3 is 6.03 Å². The fourth-order valence-corrected chi connectivity index (χ4v) is 2.29. The molecule has 0 aliphatic carbocycles. The van der Waals surface area contributed by atoms with Crippen LogP contribution in [0.15, 0.2) is 24.3 Å². The minimum atomic E-state index is -0.0361. The van der Waals surface area contributed by atoms with E-state index in [1.54, 1.807) is 4.90 Å². The second kappa shape index (κ2) is 5.87. The molecule has 2 rings (SSSR count). The van der Waals surface area contributed by atoms with Gasteiger partial charge in [0.15, 0.2) is 0 Å². The van der Waals surface area contributed by atoms with E-state index in [0.717, 1.165) is 37.1 Å². The summed E-state index contributed by atoms with van der Waals surface area (Å²) in [5.74, 6) is 0. The molecule has 1 unspecified atom stereocenters. The van der Waals surface area contributed by atoms with Gasteiger partial charge in [-0.15, -0.1) is 0 Å². The van der Waals surface area contributed by atoms with E-state index in [4.69, 9.17) is 5.73 Å². The van der Waals surface area contributed by atoms with E-state index >= 15 is 0 Å². The number of carbonyl (C=O) groups excluding carboxylic acids is 1. The van der Waals surface area contributed by atoms with Crippen molar-refractivity contribution in [2.24, 2.45) is 5.73 Å². The number of fused-ring (bicyclic) bond motifs is 1. The summed E-state index contributed by atoms with van der Waals surface area (Å²) < 4.78 is 0. The van der Waals surface area contributed by atoms with Crippen molar-refractivity contribution in [2.45, 2.75) is 32.2 Å². The van der Waals surface area contributed by atoms with Crippen molar-refractivity contribution in [1.82, 2.24) is 5.32 Å². The Hall–Kier alpha value is -1.55. The predicted octanol–water partition coefficient (Wildman–Crippen LogP) is 1.89. The van der Waals surface area contributed by atoms with Gasteiger partial charge in [0, 0.05) is 24.8 Å². The van der Waals surface area contributed by atoms with Gasteiger partial charge in [-0.3, -0.25) is 4.90 Å². The average Bonchev–Trinajstić information content (AvgIpc) is 2.38. The molecule has 1 aromatic carbocycles. The van der Waals surface area contributed by atoms with Crippen LogP contribution in [0.2, 0.25) is 0 Å². The van der Waals surface area contributed by atoms with Gasteiger partial charge in [0.1, 0.15) is 0 Å². The lowest BCUT2D eigenvalue weighted by Crippen LogP contribution is -2.50. The third kappa shape index (κ3) is 2.82. The summed E-state index contributed by atoms with van der Waals surface area (Å²) in [6.07, 6.45) is 2.93. The number of carbonyl (C=O) groups is 1. The lowest BCUT2D eigenvalue weighted by Gasteiger charge is -2.33. The van der Waals surface area contributed by atoms with E-state index in [9.17, 15) is 4.79 Å². The second-order valence-corrected chi connectivity index (χ2v) is 4.79. The van der Waals surface area contributed by atoms with E-state index in [2.05, 4.69) is 12.2 Å². The van der Waals surface area contributed by atoms with Crippen molar-refractivity contribution in [1.29, 1.82) is 0 Å². The van der Waals surface area contributed by atoms with Crippen LogP contribution in [0, 0.1) is 0 Å². The van der Waals surface area contributed by atoms with Crippen LogP contribution in [0.3, 0.4) is 0 Å². The summed E-state index contributed by atoms with van der Waals surface area (Å²) in [7, 11) is 0. The van der Waals surface area contributed by atoms with Gasteiger partial charge in [-0.1, -0.05) is 31.5 Å². The van der Waals surface area contributed by atoms with Gasteiger partial charge in [0.05, 0.1) is 0 Å². The fraction of sp³-hybridized carbons (Fsp3) is 0.500. The Balaban J connectivity index is 2.10. The number of hydrogen-bond acceptors (Lipinski definition) is 2. The number of nitrogens with zero attached hydrogens (tertiary/aromatic N) is 1. The van der Waals surface area contributed by atoms with Crippen LogP contribution < -0.4 is 16.0 Å². The first-order chi connectivity index (χ1) is 8.72. The lowest BCUT2D eigenvalue weighted by molar-refractivity contribution is 0.245. The van der Waals surface area contributed by atoms with Crippen molar-refractivity contribution in [3.8, 4) is 0 Å². The maximum atomic E-state index is 12.1. The Morgan fingerprint density at radius 2 is 2.28 bits per heavy atom. The molecule has 2 amide bonds. The Bertz CT molecular complexity index is 419. The average molecular weight is 247 g/mol. The summed E-state index contributed by atoms with van der Waals surface area (Å²) in [6, 6.07) is 7.97. The predicted molar refractivity (Wildman–Crippen MR) is 73.8 cm³/mol. The third-order valence-corrected chi connectivity index (χ3v) is 3.23. The third-order valence-electron chi connectivity index (χ3n) is 3.23. The maximum absolute atomic E-state index is 12.1. The highest BCUT2D eigenvalue weighted by Gasteiger charge is 2.25. The molecule has 1 aromatic rings. The molecule has 1 aliphatic heterocycles. The number of unbranched alkanes of at least 4 members (excludes halogenated alkanes) is 1. The van der Waals surface area contributed by atoms with Crippen LogP contribution in [0.4, 0.5) is 10.5 Å². The minimum Gasteiger partial charge on any atom is -0.338 e. The minimum absolute atomic E-state index is 0.0248. The second-order valence-electron chi connectivity index (χ2n) is 4.79. The number of rotatable bonds is 3. The summed E-state index contributed by atoms with van der Waals surface area (Å²) in [5.41, 5.74) is 8.16. The first kappa shape index (κ1) is 12.9. The van der Waals surface area contributed by atoms with Crippen LogP contribution in [0.1, 0.15) is 25.3 Å². The molecule has 0 saturated carbocycles. The number of nitrogens with two attached hydrogens (primary N) is 1. The molecular formula is C14H21N3O. The number of amides is 2. The number of para-hydroxylation sites is 1. The maximum Gasteiger partial charge on any atom is 0.321 e. The van der Waals surface area contributed by atoms with Crippen molar-refractivity contribution in [3.05, 3.63) is 29.8 Å². The number of nitrogens with one attached hydrogen (secondary N) is 1. The molecule has 4 heteroatoms. The van der Waals surface area contributed by atoms with E-state index in [1.165, 1.54) is 0 Å². The number of benzene rings is 1. The number of anilines is 1. The molecule has 0 bridgehead atoms. The van der Waals surface area contributed by atoms with Crippen LogP contribution in [0.25, 0.3) is 0 Å². The molecule has 0 fully saturated rings. The Morgan fingerprint density at radius 1 is 1.50 bits per heavy atom. The Labute approximate surface area is 108 Å². The van der Waals surface area contributed by atoms with Gasteiger partial charge in [-0.2, -0.15) is 0 Å². The van der Waals surface area contributed by atoms with E-state index in [1.807, 2.05) is 24.3 Å². The topological polar surface area (TPSA) is 58.4 Å². The van der Waals surface area contributed by atoms with Crippen molar-refractivity contribution < 1.29 is 4.79 Å². The Morgan fingerprint density at radius 3 is 3.06 bits per heavy atom. The molecule has 0 saturated heterocycles. The van der Waals surface area contributed by atoms with Crippen LogP contribution >= 0.6 is 0 Å². The summed E-state index contributed by atoms with van der Waals surface area (Å²) in [5, 5.41) is 2.95. The van der Waals surface area contributed by atoms with Gasteiger partial charge < -0.3 is 11.1 Å². The van der Waals surface area contributed by atoms with Gasteiger partial charge in [-0.05, 0) is 24.5 Å². The molecule has 0 aromatic heterocycles. The molecule has 98 valence electrons. The highest BCUT2D eigenvalue weighted by molar-refractivity contribution is 5.93. The molecule has 1 atom stereocenters. The standard InChI is InChI=1S/C14H21N3O/c1-2-3-8-16-14(18)17-10-12(15)9-11-6-4-5-7-13(11)17/h4-7,12H,2-3,8-10,15H2,1H3,(H,16,18). The van der Waals surface area contributed by atoms with Gasteiger partial charge in [0.2, 0.25) is 0 Å². The zero-order chi connectivity index (χ0) is 13.0. The first-order valence-corrected chi connectivity index (χ1v) is 6.61.